The Morgan fingerprint density at radius 3 is 2.71 bits per heavy atom. The van der Waals surface area contributed by atoms with E-state index in [9.17, 15) is 0 Å². The van der Waals surface area contributed by atoms with Gasteiger partial charge < -0.3 is 10.6 Å². The molecular weight excluding hydrogens is 324 g/mol. The molecule has 1 atom stereocenters. The first kappa shape index (κ1) is 16.5. The first-order valence-corrected chi connectivity index (χ1v) is 8.23. The molecule has 1 fully saturated rings. The van der Waals surface area contributed by atoms with E-state index >= 15 is 0 Å². The topological polar surface area (TPSA) is 82.1 Å². The summed E-state index contributed by atoms with van der Waals surface area (Å²) >= 11 is 6.22. The van der Waals surface area contributed by atoms with Crippen LogP contribution in [-0.4, -0.2) is 41.0 Å². The number of halogens is 1. The minimum atomic E-state index is 0.256. The summed E-state index contributed by atoms with van der Waals surface area (Å²) in [6.07, 6.45) is 1.44. The van der Waals surface area contributed by atoms with Gasteiger partial charge in [0.25, 0.3) is 0 Å². The lowest BCUT2D eigenvalue weighted by molar-refractivity contribution is 0.198. The van der Waals surface area contributed by atoms with E-state index in [2.05, 4.69) is 38.8 Å². The Bertz CT molecular complexity index is 764. The summed E-state index contributed by atoms with van der Waals surface area (Å²) in [6, 6.07) is 10.2. The summed E-state index contributed by atoms with van der Waals surface area (Å²) in [5, 5.41) is 9.48. The van der Waals surface area contributed by atoms with Crippen molar-refractivity contribution >= 4 is 23.2 Å². The lowest BCUT2D eigenvalue weighted by atomic mass is 10.0. The van der Waals surface area contributed by atoms with Crippen LogP contribution < -0.4 is 10.6 Å². The zero-order valence-electron chi connectivity index (χ0n) is 13.5. The molecule has 6 nitrogen and oxygen atoms in total. The lowest BCUT2D eigenvalue weighted by Gasteiger charge is -2.39. The maximum absolute atomic E-state index is 9.06. The number of nitrogens with zero attached hydrogens (tertiary/aromatic N) is 5. The van der Waals surface area contributed by atoms with Gasteiger partial charge >= 0.3 is 0 Å². The number of nitriles is 1. The minimum Gasteiger partial charge on any atom is -0.382 e. The molecule has 0 spiro atoms. The predicted octanol–water partition coefficient (Wildman–Crippen LogP) is 2.47. The van der Waals surface area contributed by atoms with Crippen LogP contribution in [0.3, 0.4) is 0 Å². The summed E-state index contributed by atoms with van der Waals surface area (Å²) < 4.78 is 0. The summed E-state index contributed by atoms with van der Waals surface area (Å²) in [5.41, 5.74) is 7.61. The summed E-state index contributed by atoms with van der Waals surface area (Å²) in [6.45, 7) is 5.58. The molecule has 1 aliphatic rings. The maximum Gasteiger partial charge on any atom is 0.153 e. The quantitative estimate of drug-likeness (QED) is 0.922. The molecule has 24 heavy (non-hydrogen) atoms. The van der Waals surface area contributed by atoms with Crippen molar-refractivity contribution in [2.24, 2.45) is 0 Å². The Hall–Kier alpha value is -2.36. The standard InChI is InChI=1S/C17H19ClN6/c1-12(14-4-2-3-13(9-14)10-19)23-5-7-24(8-6-23)17-15(18)16(20)21-11-22-17/h2-4,9,11-12H,5-8H2,1H3,(H2,20,21,22)/t12-/m1/s1. The van der Waals surface area contributed by atoms with Crippen molar-refractivity contribution in [1.29, 1.82) is 5.26 Å². The van der Waals surface area contributed by atoms with Gasteiger partial charge in [-0.1, -0.05) is 23.7 Å². The van der Waals surface area contributed by atoms with E-state index in [0.29, 0.717) is 22.2 Å². The Kier molecular flexibility index (Phi) is 4.84. The van der Waals surface area contributed by atoms with E-state index in [1.54, 1.807) is 0 Å². The molecule has 1 aliphatic heterocycles. The molecule has 3 rings (SSSR count). The second-order valence-corrected chi connectivity index (χ2v) is 6.21. The summed E-state index contributed by atoms with van der Waals surface area (Å²) in [7, 11) is 0. The fourth-order valence-electron chi connectivity index (χ4n) is 2.99. The summed E-state index contributed by atoms with van der Waals surface area (Å²) in [5.74, 6) is 1.01. The van der Waals surface area contributed by atoms with Gasteiger partial charge in [-0.25, -0.2) is 9.97 Å². The molecule has 2 N–H and O–H groups in total. The second kappa shape index (κ2) is 7.04. The predicted molar refractivity (Wildman–Crippen MR) is 94.8 cm³/mol. The SMILES string of the molecule is C[C@H](c1cccc(C#N)c1)N1CCN(c2ncnc(N)c2Cl)CC1. The van der Waals surface area contributed by atoms with Crippen molar-refractivity contribution < 1.29 is 0 Å². The molecule has 1 aromatic carbocycles. The normalized spacial score (nSPS) is 16.6. The fourth-order valence-corrected chi connectivity index (χ4v) is 3.21. The van der Waals surface area contributed by atoms with Crippen LogP contribution >= 0.6 is 11.6 Å². The molecule has 0 unspecified atom stereocenters. The highest BCUT2D eigenvalue weighted by Crippen LogP contribution is 2.29. The molecule has 1 aromatic heterocycles. The second-order valence-electron chi connectivity index (χ2n) is 5.83. The number of nitrogen functional groups attached to an aromatic ring is 1. The van der Waals surface area contributed by atoms with Crippen molar-refractivity contribution in [3.8, 4) is 6.07 Å². The van der Waals surface area contributed by atoms with E-state index < -0.39 is 0 Å². The Labute approximate surface area is 146 Å². The first-order valence-electron chi connectivity index (χ1n) is 7.85. The smallest absolute Gasteiger partial charge is 0.153 e. The van der Waals surface area contributed by atoms with Crippen LogP contribution in [0.4, 0.5) is 11.6 Å². The Morgan fingerprint density at radius 1 is 1.25 bits per heavy atom. The van der Waals surface area contributed by atoms with Crippen LogP contribution in [0.15, 0.2) is 30.6 Å². The molecule has 0 radical (unpaired) electrons. The van der Waals surface area contributed by atoms with E-state index in [-0.39, 0.29) is 6.04 Å². The maximum atomic E-state index is 9.06. The van der Waals surface area contributed by atoms with Crippen molar-refractivity contribution in [2.45, 2.75) is 13.0 Å². The van der Waals surface area contributed by atoms with Crippen LogP contribution in [0.2, 0.25) is 5.02 Å². The van der Waals surface area contributed by atoms with Crippen LogP contribution in [0, 0.1) is 11.3 Å². The number of anilines is 2. The third-order valence-electron chi connectivity index (χ3n) is 4.46. The van der Waals surface area contributed by atoms with Gasteiger partial charge in [-0.3, -0.25) is 4.90 Å². The zero-order valence-corrected chi connectivity index (χ0v) is 14.2. The molecule has 0 aliphatic carbocycles. The first-order chi connectivity index (χ1) is 11.6. The molecule has 0 bridgehead atoms. The van der Waals surface area contributed by atoms with Gasteiger partial charge in [-0.2, -0.15) is 5.26 Å². The largest absolute Gasteiger partial charge is 0.382 e. The highest BCUT2D eigenvalue weighted by atomic mass is 35.5. The number of piperazine rings is 1. The van der Waals surface area contributed by atoms with Crippen LogP contribution in [0.1, 0.15) is 24.1 Å². The molecule has 2 aromatic rings. The highest BCUT2D eigenvalue weighted by Gasteiger charge is 2.24. The fraction of sp³-hybridized carbons (Fsp3) is 0.353. The number of aromatic nitrogens is 2. The van der Waals surface area contributed by atoms with E-state index in [1.807, 2.05) is 18.2 Å². The number of benzene rings is 1. The van der Waals surface area contributed by atoms with Crippen LogP contribution in [-0.2, 0) is 0 Å². The van der Waals surface area contributed by atoms with Gasteiger partial charge in [0.2, 0.25) is 0 Å². The number of nitrogens with two attached hydrogens (primary N) is 1. The average molecular weight is 343 g/mol. The molecule has 0 amide bonds. The number of hydrogen-bond donors (Lipinski definition) is 1. The van der Waals surface area contributed by atoms with Crippen molar-refractivity contribution in [3.05, 3.63) is 46.7 Å². The third kappa shape index (κ3) is 3.28. The third-order valence-corrected chi connectivity index (χ3v) is 4.82. The number of rotatable bonds is 3. The van der Waals surface area contributed by atoms with Gasteiger partial charge in [0, 0.05) is 32.2 Å². The lowest BCUT2D eigenvalue weighted by Crippen LogP contribution is -2.47. The molecule has 124 valence electrons. The van der Waals surface area contributed by atoms with Gasteiger partial charge in [0.05, 0.1) is 11.6 Å². The zero-order chi connectivity index (χ0) is 17.1. The van der Waals surface area contributed by atoms with Crippen molar-refractivity contribution in [3.63, 3.8) is 0 Å². The molecule has 0 saturated carbocycles. The van der Waals surface area contributed by atoms with Crippen molar-refractivity contribution in [1.82, 2.24) is 14.9 Å². The molecule has 2 heterocycles. The molecule has 7 heteroatoms. The monoisotopic (exact) mass is 342 g/mol. The highest BCUT2D eigenvalue weighted by molar-refractivity contribution is 6.35. The molecule has 1 saturated heterocycles. The summed E-state index contributed by atoms with van der Waals surface area (Å²) in [4.78, 5) is 12.7. The van der Waals surface area contributed by atoms with Gasteiger partial charge in [0.1, 0.15) is 17.2 Å². The van der Waals surface area contributed by atoms with E-state index in [0.717, 1.165) is 31.7 Å². The van der Waals surface area contributed by atoms with E-state index in [1.165, 1.54) is 6.33 Å². The van der Waals surface area contributed by atoms with Crippen LogP contribution in [0.25, 0.3) is 0 Å². The Balaban J connectivity index is 1.68. The van der Waals surface area contributed by atoms with Gasteiger partial charge in [0.15, 0.2) is 5.82 Å². The van der Waals surface area contributed by atoms with E-state index in [4.69, 9.17) is 22.6 Å². The van der Waals surface area contributed by atoms with Gasteiger partial charge in [-0.15, -0.1) is 0 Å². The average Bonchev–Trinajstić information content (AvgIpc) is 2.63. The Morgan fingerprint density at radius 2 is 2.00 bits per heavy atom. The minimum absolute atomic E-state index is 0.256. The van der Waals surface area contributed by atoms with Crippen LogP contribution in [0.5, 0.6) is 0 Å². The van der Waals surface area contributed by atoms with Gasteiger partial charge in [-0.05, 0) is 24.6 Å². The molecular formula is C17H19ClN6. The number of hydrogen-bond acceptors (Lipinski definition) is 6. The van der Waals surface area contributed by atoms with Crippen molar-refractivity contribution in [2.75, 3.05) is 36.8 Å².